The van der Waals surface area contributed by atoms with E-state index in [1.807, 2.05) is 87.5 Å². The zero-order valence-corrected chi connectivity index (χ0v) is 24.7. The highest BCUT2D eigenvalue weighted by Crippen LogP contribution is 2.40. The smallest absolute Gasteiger partial charge is 0.271 e. The van der Waals surface area contributed by atoms with Crippen LogP contribution in [0.2, 0.25) is 0 Å². The Morgan fingerprint density at radius 2 is 1.89 bits per heavy atom. The van der Waals surface area contributed by atoms with Crippen LogP contribution in [-0.4, -0.2) is 35.6 Å². The van der Waals surface area contributed by atoms with Gasteiger partial charge in [0.15, 0.2) is 4.80 Å². The minimum absolute atomic E-state index is 0.122. The fourth-order valence-corrected chi connectivity index (χ4v) is 6.65. The Hall–Kier alpha value is -3.24. The number of allylic oxidation sites excluding steroid dienone is 1. The number of likely N-dealkylation sites (N-methyl/N-ethyl adjacent to an activating group) is 1. The standard InChI is InChI=1S/C30H28IN3O3S/c1-5-33(6-2)29(36)25-18(3)32-30-34(28(35)24(38-30)17-19-10-9-12-21(31)16-19)27(25)26-22-13-8-7-11-20(22)14-15-23(26)37-4/h7-17,27H,5-6H2,1-4H3/b24-17+/t27-/m0/s1. The first kappa shape index (κ1) is 26.4. The molecule has 0 saturated heterocycles. The summed E-state index contributed by atoms with van der Waals surface area (Å²) < 4.78 is 9.19. The number of nitrogens with zero attached hydrogens (tertiary/aromatic N) is 3. The fourth-order valence-electron chi connectivity index (χ4n) is 5.03. The first-order valence-electron chi connectivity index (χ1n) is 12.5. The summed E-state index contributed by atoms with van der Waals surface area (Å²) in [5.41, 5.74) is 2.67. The van der Waals surface area contributed by atoms with Crippen LogP contribution in [0.4, 0.5) is 0 Å². The second-order valence-electron chi connectivity index (χ2n) is 9.02. The summed E-state index contributed by atoms with van der Waals surface area (Å²) in [6, 6.07) is 19.2. The Bertz CT molecular complexity index is 1770. The summed E-state index contributed by atoms with van der Waals surface area (Å²) in [5.74, 6) is 0.503. The summed E-state index contributed by atoms with van der Waals surface area (Å²) in [5, 5.41) is 1.94. The molecule has 0 aliphatic carbocycles. The molecule has 1 aliphatic heterocycles. The molecule has 0 radical (unpaired) electrons. The first-order valence-corrected chi connectivity index (χ1v) is 14.4. The number of rotatable bonds is 6. The van der Waals surface area contributed by atoms with Gasteiger partial charge in [-0.1, -0.05) is 53.8 Å². The fraction of sp³-hybridized carbons (Fsp3) is 0.233. The van der Waals surface area contributed by atoms with Crippen molar-refractivity contribution in [1.29, 1.82) is 0 Å². The van der Waals surface area contributed by atoms with E-state index >= 15 is 0 Å². The van der Waals surface area contributed by atoms with Gasteiger partial charge in [-0.2, -0.15) is 0 Å². The van der Waals surface area contributed by atoms with Crippen LogP contribution >= 0.6 is 33.9 Å². The number of methoxy groups -OCH3 is 1. The zero-order valence-electron chi connectivity index (χ0n) is 21.7. The molecule has 2 heterocycles. The maximum atomic E-state index is 14.1. The van der Waals surface area contributed by atoms with Gasteiger partial charge in [0.1, 0.15) is 11.8 Å². The SMILES string of the molecule is CCN(CC)C(=O)C1=C(C)N=c2s/c(=C/c3cccc(I)c3)c(=O)n2[C@@H]1c1c(OC)ccc2ccccc12. The molecule has 194 valence electrons. The Morgan fingerprint density at radius 1 is 1.13 bits per heavy atom. The molecule has 5 rings (SSSR count). The van der Waals surface area contributed by atoms with Crippen molar-refractivity contribution in [2.45, 2.75) is 26.8 Å². The third-order valence-electron chi connectivity index (χ3n) is 6.87. The molecule has 0 fully saturated rings. The van der Waals surface area contributed by atoms with Crippen molar-refractivity contribution >= 4 is 56.7 Å². The molecule has 1 amide bonds. The summed E-state index contributed by atoms with van der Waals surface area (Å²) >= 11 is 3.61. The minimum atomic E-state index is -0.682. The molecule has 0 saturated carbocycles. The summed E-state index contributed by atoms with van der Waals surface area (Å²) in [6.07, 6.45) is 1.90. The predicted molar refractivity (Wildman–Crippen MR) is 161 cm³/mol. The molecule has 3 aromatic carbocycles. The number of halogens is 1. The van der Waals surface area contributed by atoms with Crippen LogP contribution in [0.1, 0.15) is 37.9 Å². The zero-order chi connectivity index (χ0) is 27.0. The highest BCUT2D eigenvalue weighted by molar-refractivity contribution is 14.1. The van der Waals surface area contributed by atoms with Crippen LogP contribution in [0.15, 0.2) is 81.7 Å². The second-order valence-corrected chi connectivity index (χ2v) is 11.3. The van der Waals surface area contributed by atoms with E-state index in [-0.39, 0.29) is 11.5 Å². The number of hydrogen-bond acceptors (Lipinski definition) is 5. The van der Waals surface area contributed by atoms with Gasteiger partial charge in [-0.25, -0.2) is 4.99 Å². The number of fused-ring (bicyclic) bond motifs is 2. The van der Waals surface area contributed by atoms with Crippen LogP contribution in [0.5, 0.6) is 5.75 Å². The summed E-state index contributed by atoms with van der Waals surface area (Å²) in [4.78, 5) is 35.2. The molecule has 1 atom stereocenters. The van der Waals surface area contributed by atoms with Gasteiger partial charge in [0, 0.05) is 22.2 Å². The van der Waals surface area contributed by atoms with E-state index in [1.54, 1.807) is 16.6 Å². The van der Waals surface area contributed by atoms with Gasteiger partial charge < -0.3 is 9.64 Å². The molecular formula is C30H28IN3O3S. The molecule has 4 aromatic rings. The summed E-state index contributed by atoms with van der Waals surface area (Å²) in [7, 11) is 1.62. The third-order valence-corrected chi connectivity index (χ3v) is 8.53. The van der Waals surface area contributed by atoms with Crippen molar-refractivity contribution in [1.82, 2.24) is 9.47 Å². The van der Waals surface area contributed by atoms with Gasteiger partial charge >= 0.3 is 0 Å². The average Bonchev–Trinajstić information content (AvgIpc) is 3.21. The first-order chi connectivity index (χ1) is 18.4. The van der Waals surface area contributed by atoms with E-state index in [4.69, 9.17) is 9.73 Å². The molecule has 1 aromatic heterocycles. The van der Waals surface area contributed by atoms with Crippen LogP contribution in [-0.2, 0) is 4.79 Å². The molecule has 38 heavy (non-hydrogen) atoms. The maximum Gasteiger partial charge on any atom is 0.271 e. The molecule has 0 bridgehead atoms. The number of thiazole rings is 1. The number of amides is 1. The van der Waals surface area contributed by atoms with E-state index in [0.29, 0.717) is 39.4 Å². The molecule has 8 heteroatoms. The number of carbonyl (C=O) groups is 1. The van der Waals surface area contributed by atoms with Crippen molar-refractivity contribution in [3.63, 3.8) is 0 Å². The number of ether oxygens (including phenoxy) is 1. The minimum Gasteiger partial charge on any atom is -0.496 e. The molecule has 0 spiro atoms. The lowest BCUT2D eigenvalue weighted by Crippen LogP contribution is -2.43. The number of aromatic nitrogens is 1. The number of carbonyl (C=O) groups excluding carboxylic acids is 1. The van der Waals surface area contributed by atoms with Gasteiger partial charge in [-0.3, -0.25) is 14.2 Å². The van der Waals surface area contributed by atoms with Crippen LogP contribution in [0.25, 0.3) is 16.8 Å². The third kappa shape index (κ3) is 4.60. The van der Waals surface area contributed by atoms with Gasteiger partial charge in [0.2, 0.25) is 0 Å². The largest absolute Gasteiger partial charge is 0.496 e. The Labute approximate surface area is 238 Å². The van der Waals surface area contributed by atoms with Crippen LogP contribution < -0.4 is 19.6 Å². The van der Waals surface area contributed by atoms with Gasteiger partial charge in [0.05, 0.1) is 22.9 Å². The van der Waals surface area contributed by atoms with E-state index in [1.165, 1.54) is 11.3 Å². The normalized spacial score (nSPS) is 15.4. The molecule has 0 unspecified atom stereocenters. The van der Waals surface area contributed by atoms with Crippen LogP contribution in [0, 0.1) is 3.57 Å². The highest BCUT2D eigenvalue weighted by atomic mass is 127. The average molecular weight is 638 g/mol. The Kier molecular flexibility index (Phi) is 7.54. The Morgan fingerprint density at radius 3 is 2.61 bits per heavy atom. The molecule has 6 nitrogen and oxygen atoms in total. The van der Waals surface area contributed by atoms with Gasteiger partial charge in [0.25, 0.3) is 11.5 Å². The lowest BCUT2D eigenvalue weighted by atomic mass is 9.90. The molecule has 0 N–H and O–H groups in total. The van der Waals surface area contributed by atoms with E-state index in [0.717, 1.165) is 25.5 Å². The van der Waals surface area contributed by atoms with E-state index < -0.39 is 6.04 Å². The number of benzene rings is 3. The topological polar surface area (TPSA) is 63.9 Å². The predicted octanol–water partition coefficient (Wildman–Crippen LogP) is 4.87. The van der Waals surface area contributed by atoms with E-state index in [9.17, 15) is 9.59 Å². The highest BCUT2D eigenvalue weighted by Gasteiger charge is 2.36. The van der Waals surface area contributed by atoms with E-state index in [2.05, 4.69) is 22.6 Å². The summed E-state index contributed by atoms with van der Waals surface area (Å²) in [6.45, 7) is 6.89. The van der Waals surface area contributed by atoms with Crippen molar-refractivity contribution in [3.8, 4) is 5.75 Å². The lowest BCUT2D eigenvalue weighted by Gasteiger charge is -2.30. The van der Waals surface area contributed by atoms with Gasteiger partial charge in [-0.15, -0.1) is 0 Å². The molecule has 1 aliphatic rings. The van der Waals surface area contributed by atoms with Gasteiger partial charge in [-0.05, 0) is 84.0 Å². The maximum absolute atomic E-state index is 14.1. The van der Waals surface area contributed by atoms with Crippen molar-refractivity contribution in [2.75, 3.05) is 20.2 Å². The molecular weight excluding hydrogens is 609 g/mol. The van der Waals surface area contributed by atoms with Crippen molar-refractivity contribution in [3.05, 3.63) is 106 Å². The monoisotopic (exact) mass is 637 g/mol. The second kappa shape index (κ2) is 10.9. The Balaban J connectivity index is 1.86. The van der Waals surface area contributed by atoms with Crippen molar-refractivity contribution < 1.29 is 9.53 Å². The number of hydrogen-bond donors (Lipinski definition) is 0. The lowest BCUT2D eigenvalue weighted by molar-refractivity contribution is -0.127. The quantitative estimate of drug-likeness (QED) is 0.284. The van der Waals surface area contributed by atoms with Crippen molar-refractivity contribution in [2.24, 2.45) is 4.99 Å². The van der Waals surface area contributed by atoms with Crippen LogP contribution in [0.3, 0.4) is 0 Å².